The molecule has 1 aliphatic rings. The highest BCUT2D eigenvalue weighted by atomic mass is 19.1. The van der Waals surface area contributed by atoms with Crippen LogP contribution in [0.15, 0.2) is 36.4 Å². The lowest BCUT2D eigenvalue weighted by Gasteiger charge is -2.35. The topological polar surface area (TPSA) is 61.4 Å². The van der Waals surface area contributed by atoms with E-state index in [1.54, 1.807) is 17.0 Å². The van der Waals surface area contributed by atoms with Gasteiger partial charge in [-0.3, -0.25) is 4.79 Å². The van der Waals surface area contributed by atoms with Crippen molar-refractivity contribution < 1.29 is 9.18 Å². The van der Waals surface area contributed by atoms with Crippen molar-refractivity contribution in [3.05, 3.63) is 47.8 Å². The standard InChI is InChI=1S/C17H20FN5O/c1-2-19-15-7-8-16(21-20-15)22-9-11-23(12-10-22)17(24)13-5-3-4-6-14(13)18/h3-8H,2,9-12H2,1H3,(H,19,20). The second-order valence-corrected chi connectivity index (χ2v) is 5.57. The van der Waals surface area contributed by atoms with Crippen LogP contribution in [0, 0.1) is 5.82 Å². The van der Waals surface area contributed by atoms with Gasteiger partial charge in [-0.05, 0) is 31.2 Å². The van der Waals surface area contributed by atoms with Crippen molar-refractivity contribution in [2.24, 2.45) is 0 Å². The van der Waals surface area contributed by atoms with E-state index in [1.807, 2.05) is 19.1 Å². The van der Waals surface area contributed by atoms with Crippen molar-refractivity contribution in [1.29, 1.82) is 0 Å². The number of rotatable bonds is 4. The Hall–Kier alpha value is -2.70. The molecule has 1 N–H and O–H groups in total. The number of piperazine rings is 1. The average molecular weight is 329 g/mol. The summed E-state index contributed by atoms with van der Waals surface area (Å²) < 4.78 is 13.8. The van der Waals surface area contributed by atoms with Gasteiger partial charge in [-0.15, -0.1) is 10.2 Å². The molecule has 0 unspecified atom stereocenters. The summed E-state index contributed by atoms with van der Waals surface area (Å²) in [4.78, 5) is 16.2. The number of hydrogen-bond acceptors (Lipinski definition) is 5. The first-order valence-corrected chi connectivity index (χ1v) is 8.05. The molecule has 1 aromatic heterocycles. The van der Waals surface area contributed by atoms with Crippen LogP contribution in [-0.2, 0) is 0 Å². The van der Waals surface area contributed by atoms with Gasteiger partial charge in [-0.2, -0.15) is 0 Å². The van der Waals surface area contributed by atoms with E-state index in [9.17, 15) is 9.18 Å². The van der Waals surface area contributed by atoms with E-state index in [0.29, 0.717) is 26.2 Å². The van der Waals surface area contributed by atoms with Gasteiger partial charge in [0.15, 0.2) is 5.82 Å². The summed E-state index contributed by atoms with van der Waals surface area (Å²) in [5, 5.41) is 11.4. The summed E-state index contributed by atoms with van der Waals surface area (Å²) in [7, 11) is 0. The third-order valence-electron chi connectivity index (χ3n) is 4.00. The van der Waals surface area contributed by atoms with Crippen LogP contribution in [0.1, 0.15) is 17.3 Å². The number of hydrogen-bond donors (Lipinski definition) is 1. The van der Waals surface area contributed by atoms with E-state index in [-0.39, 0.29) is 11.5 Å². The third-order valence-corrected chi connectivity index (χ3v) is 4.00. The fourth-order valence-corrected chi connectivity index (χ4v) is 2.71. The third kappa shape index (κ3) is 3.45. The Bertz CT molecular complexity index is 698. The lowest BCUT2D eigenvalue weighted by molar-refractivity contribution is 0.0742. The summed E-state index contributed by atoms with van der Waals surface area (Å²) in [5.41, 5.74) is 0.126. The zero-order chi connectivity index (χ0) is 16.9. The smallest absolute Gasteiger partial charge is 0.256 e. The number of nitrogens with zero attached hydrogens (tertiary/aromatic N) is 4. The Balaban J connectivity index is 1.61. The predicted molar refractivity (Wildman–Crippen MR) is 90.7 cm³/mol. The number of carbonyl (C=O) groups is 1. The predicted octanol–water partition coefficient (Wildman–Crippen LogP) is 2.01. The van der Waals surface area contributed by atoms with E-state index in [2.05, 4.69) is 20.4 Å². The van der Waals surface area contributed by atoms with Gasteiger partial charge < -0.3 is 15.1 Å². The molecule has 1 fully saturated rings. The molecule has 126 valence electrons. The van der Waals surface area contributed by atoms with Gasteiger partial charge in [-0.1, -0.05) is 12.1 Å². The van der Waals surface area contributed by atoms with E-state index in [4.69, 9.17) is 0 Å². The zero-order valence-electron chi connectivity index (χ0n) is 13.6. The molecule has 0 bridgehead atoms. The van der Waals surface area contributed by atoms with Crippen LogP contribution in [-0.4, -0.2) is 53.7 Å². The number of carbonyl (C=O) groups excluding carboxylic acids is 1. The first kappa shape index (κ1) is 16.2. The first-order chi connectivity index (χ1) is 11.7. The second kappa shape index (κ2) is 7.25. The van der Waals surface area contributed by atoms with Crippen LogP contribution in [0.4, 0.5) is 16.0 Å². The molecule has 0 spiro atoms. The molecular weight excluding hydrogens is 309 g/mol. The molecular formula is C17H20FN5O. The molecule has 0 aliphatic carbocycles. The molecule has 1 amide bonds. The Morgan fingerprint density at radius 3 is 2.50 bits per heavy atom. The van der Waals surface area contributed by atoms with Crippen molar-refractivity contribution in [2.45, 2.75) is 6.92 Å². The highest BCUT2D eigenvalue weighted by Gasteiger charge is 2.24. The summed E-state index contributed by atoms with van der Waals surface area (Å²) in [5.74, 6) is 0.792. The van der Waals surface area contributed by atoms with Gasteiger partial charge in [0.25, 0.3) is 5.91 Å². The Kier molecular flexibility index (Phi) is 4.88. The molecule has 1 aromatic carbocycles. The van der Waals surface area contributed by atoms with E-state index < -0.39 is 5.82 Å². The largest absolute Gasteiger partial charge is 0.369 e. The zero-order valence-corrected chi connectivity index (χ0v) is 13.6. The lowest BCUT2D eigenvalue weighted by Crippen LogP contribution is -2.49. The number of anilines is 2. The maximum atomic E-state index is 13.8. The van der Waals surface area contributed by atoms with Crippen molar-refractivity contribution in [1.82, 2.24) is 15.1 Å². The van der Waals surface area contributed by atoms with Crippen LogP contribution in [0.25, 0.3) is 0 Å². The summed E-state index contributed by atoms with van der Waals surface area (Å²) in [6, 6.07) is 9.90. The number of benzene rings is 1. The highest BCUT2D eigenvalue weighted by molar-refractivity contribution is 5.94. The molecule has 0 radical (unpaired) electrons. The fourth-order valence-electron chi connectivity index (χ4n) is 2.71. The van der Waals surface area contributed by atoms with E-state index in [1.165, 1.54) is 12.1 Å². The van der Waals surface area contributed by atoms with Crippen molar-refractivity contribution in [3.8, 4) is 0 Å². The minimum atomic E-state index is -0.477. The van der Waals surface area contributed by atoms with Crippen molar-refractivity contribution >= 4 is 17.5 Å². The van der Waals surface area contributed by atoms with Gasteiger partial charge in [-0.25, -0.2) is 4.39 Å². The van der Waals surface area contributed by atoms with Crippen molar-refractivity contribution in [3.63, 3.8) is 0 Å². The minimum Gasteiger partial charge on any atom is -0.369 e. The maximum Gasteiger partial charge on any atom is 0.256 e. The molecule has 6 nitrogen and oxygen atoms in total. The molecule has 0 saturated carbocycles. The van der Waals surface area contributed by atoms with Crippen LogP contribution >= 0.6 is 0 Å². The van der Waals surface area contributed by atoms with Gasteiger partial charge >= 0.3 is 0 Å². The Morgan fingerprint density at radius 1 is 1.12 bits per heavy atom. The number of halogens is 1. The van der Waals surface area contributed by atoms with E-state index >= 15 is 0 Å². The molecule has 1 saturated heterocycles. The van der Waals surface area contributed by atoms with E-state index in [0.717, 1.165) is 18.2 Å². The molecule has 2 heterocycles. The molecule has 7 heteroatoms. The molecule has 1 aliphatic heterocycles. The van der Waals surface area contributed by atoms with Crippen LogP contribution < -0.4 is 10.2 Å². The second-order valence-electron chi connectivity index (χ2n) is 5.57. The lowest BCUT2D eigenvalue weighted by atomic mass is 10.1. The number of aromatic nitrogens is 2. The Labute approximate surface area is 140 Å². The SMILES string of the molecule is CCNc1ccc(N2CCN(C(=O)c3ccccc3F)CC2)nn1. The van der Waals surface area contributed by atoms with Crippen LogP contribution in [0.5, 0.6) is 0 Å². The number of amides is 1. The first-order valence-electron chi connectivity index (χ1n) is 8.05. The Morgan fingerprint density at radius 2 is 1.88 bits per heavy atom. The molecule has 2 aromatic rings. The highest BCUT2D eigenvalue weighted by Crippen LogP contribution is 2.16. The quantitative estimate of drug-likeness (QED) is 0.930. The fraction of sp³-hybridized carbons (Fsp3) is 0.353. The van der Waals surface area contributed by atoms with Gasteiger partial charge in [0, 0.05) is 32.7 Å². The average Bonchev–Trinajstić information content (AvgIpc) is 2.63. The molecule has 0 atom stereocenters. The van der Waals surface area contributed by atoms with Crippen molar-refractivity contribution in [2.75, 3.05) is 42.9 Å². The maximum absolute atomic E-state index is 13.8. The molecule has 3 rings (SSSR count). The van der Waals surface area contributed by atoms with Gasteiger partial charge in [0.05, 0.1) is 5.56 Å². The monoisotopic (exact) mass is 329 g/mol. The minimum absolute atomic E-state index is 0.126. The number of nitrogens with one attached hydrogen (secondary N) is 1. The summed E-state index contributed by atoms with van der Waals surface area (Å²) in [6.07, 6.45) is 0. The summed E-state index contributed by atoms with van der Waals surface area (Å²) >= 11 is 0. The van der Waals surface area contributed by atoms with Gasteiger partial charge in [0.1, 0.15) is 11.6 Å². The van der Waals surface area contributed by atoms with Crippen LogP contribution in [0.2, 0.25) is 0 Å². The van der Waals surface area contributed by atoms with Gasteiger partial charge in [0.2, 0.25) is 0 Å². The summed E-state index contributed by atoms with van der Waals surface area (Å²) in [6.45, 7) is 5.16. The van der Waals surface area contributed by atoms with Crippen LogP contribution in [0.3, 0.4) is 0 Å². The normalized spacial score (nSPS) is 14.6. The molecule has 24 heavy (non-hydrogen) atoms.